The number of cyclic esters (lactones) is 1. The zero-order chi connectivity index (χ0) is 16.2. The predicted molar refractivity (Wildman–Crippen MR) is 85.0 cm³/mol. The molecule has 0 saturated carbocycles. The van der Waals surface area contributed by atoms with Crippen LogP contribution in [0.3, 0.4) is 0 Å². The van der Waals surface area contributed by atoms with Crippen LogP contribution in [-0.4, -0.2) is 31.8 Å². The molecule has 0 bridgehead atoms. The summed E-state index contributed by atoms with van der Waals surface area (Å²) in [6, 6.07) is 11.6. The summed E-state index contributed by atoms with van der Waals surface area (Å²) in [5, 5.41) is 2.10. The summed E-state index contributed by atoms with van der Waals surface area (Å²) in [6.07, 6.45) is 2.61. The van der Waals surface area contributed by atoms with E-state index in [1.54, 1.807) is 13.2 Å². The van der Waals surface area contributed by atoms with E-state index in [0.29, 0.717) is 13.0 Å². The molecule has 0 spiro atoms. The molecule has 23 heavy (non-hydrogen) atoms. The van der Waals surface area contributed by atoms with Gasteiger partial charge in [-0.05, 0) is 40.6 Å². The van der Waals surface area contributed by atoms with Gasteiger partial charge in [-0.1, -0.05) is 18.2 Å². The van der Waals surface area contributed by atoms with Gasteiger partial charge in [-0.15, -0.1) is 0 Å². The topological polar surface area (TPSA) is 61.8 Å². The third kappa shape index (κ3) is 3.51. The highest BCUT2D eigenvalue weighted by Gasteiger charge is 2.29. The number of carbonyl (C=O) groups is 2. The second-order valence-corrected chi connectivity index (χ2v) is 5.19. The molecule has 1 aliphatic heterocycles. The van der Waals surface area contributed by atoms with Crippen LogP contribution in [0.5, 0.6) is 5.75 Å². The van der Waals surface area contributed by atoms with Gasteiger partial charge in [-0.25, -0.2) is 9.59 Å². The molecule has 0 N–H and O–H groups in total. The minimum atomic E-state index is -0.781. The predicted octanol–water partition coefficient (Wildman–Crippen LogP) is 2.72. The molecule has 0 unspecified atom stereocenters. The molecule has 0 amide bonds. The van der Waals surface area contributed by atoms with Gasteiger partial charge in [0.05, 0.1) is 13.7 Å². The first-order valence-corrected chi connectivity index (χ1v) is 7.29. The quantitative estimate of drug-likeness (QED) is 0.641. The van der Waals surface area contributed by atoms with Crippen molar-refractivity contribution in [1.29, 1.82) is 0 Å². The van der Waals surface area contributed by atoms with E-state index in [9.17, 15) is 9.59 Å². The van der Waals surface area contributed by atoms with Crippen molar-refractivity contribution in [1.82, 2.24) is 0 Å². The number of fused-ring (bicyclic) bond motifs is 1. The molecule has 0 aliphatic carbocycles. The maximum atomic E-state index is 11.7. The molecule has 1 fully saturated rings. The number of hydrogen-bond acceptors (Lipinski definition) is 5. The standard InChI is InChI=1S/C18H16O5/c1-21-15-6-5-13-10-12(2-4-14(13)11-15)3-7-17(19)23-16-8-9-22-18(16)20/h2-7,10-11,16H,8-9H2,1H3/b7-3+/t16-/m1/s1. The Morgan fingerprint density at radius 2 is 2.00 bits per heavy atom. The average molecular weight is 312 g/mol. The molecule has 3 rings (SSSR count). The van der Waals surface area contributed by atoms with Gasteiger partial charge < -0.3 is 14.2 Å². The van der Waals surface area contributed by atoms with E-state index in [0.717, 1.165) is 22.1 Å². The van der Waals surface area contributed by atoms with Gasteiger partial charge >= 0.3 is 11.9 Å². The van der Waals surface area contributed by atoms with Crippen molar-refractivity contribution in [2.75, 3.05) is 13.7 Å². The van der Waals surface area contributed by atoms with E-state index < -0.39 is 18.0 Å². The Balaban J connectivity index is 1.70. The van der Waals surface area contributed by atoms with Crippen LogP contribution in [0.1, 0.15) is 12.0 Å². The molecule has 1 aliphatic rings. The number of rotatable bonds is 4. The average Bonchev–Trinajstić information content (AvgIpc) is 2.97. The normalized spacial score (nSPS) is 17.4. The van der Waals surface area contributed by atoms with Crippen molar-refractivity contribution in [3.63, 3.8) is 0 Å². The number of carbonyl (C=O) groups excluding carboxylic acids is 2. The van der Waals surface area contributed by atoms with Crippen LogP contribution in [0.25, 0.3) is 16.8 Å². The smallest absolute Gasteiger partial charge is 0.347 e. The second-order valence-electron chi connectivity index (χ2n) is 5.19. The Bertz CT molecular complexity index is 778. The molecule has 2 aromatic rings. The molecular formula is C18H16O5. The molecule has 1 heterocycles. The van der Waals surface area contributed by atoms with E-state index in [4.69, 9.17) is 14.2 Å². The van der Waals surface area contributed by atoms with Gasteiger partial charge in [0.2, 0.25) is 6.10 Å². The summed E-state index contributed by atoms with van der Waals surface area (Å²) >= 11 is 0. The summed E-state index contributed by atoms with van der Waals surface area (Å²) < 4.78 is 15.0. The van der Waals surface area contributed by atoms with Crippen LogP contribution in [0.15, 0.2) is 42.5 Å². The Morgan fingerprint density at radius 1 is 1.22 bits per heavy atom. The maximum Gasteiger partial charge on any atom is 0.347 e. The fourth-order valence-corrected chi connectivity index (χ4v) is 2.40. The van der Waals surface area contributed by atoms with Crippen LogP contribution in [0.4, 0.5) is 0 Å². The van der Waals surface area contributed by atoms with Crippen LogP contribution in [-0.2, 0) is 19.1 Å². The molecule has 1 saturated heterocycles. The molecule has 5 heteroatoms. The largest absolute Gasteiger partial charge is 0.497 e. The molecule has 2 aromatic carbocycles. The highest BCUT2D eigenvalue weighted by Crippen LogP contribution is 2.22. The second kappa shape index (κ2) is 6.52. The third-order valence-electron chi connectivity index (χ3n) is 3.63. The van der Waals surface area contributed by atoms with Gasteiger partial charge in [0, 0.05) is 12.5 Å². The fourth-order valence-electron chi connectivity index (χ4n) is 2.40. The first kappa shape index (κ1) is 15.1. The summed E-state index contributed by atoms with van der Waals surface area (Å²) in [5.41, 5.74) is 0.869. The summed E-state index contributed by atoms with van der Waals surface area (Å²) in [4.78, 5) is 23.0. The van der Waals surface area contributed by atoms with Gasteiger partial charge in [0.15, 0.2) is 0 Å². The van der Waals surface area contributed by atoms with E-state index >= 15 is 0 Å². The Morgan fingerprint density at radius 3 is 2.74 bits per heavy atom. The first-order chi connectivity index (χ1) is 11.2. The van der Waals surface area contributed by atoms with E-state index in [1.807, 2.05) is 36.4 Å². The molecule has 0 aromatic heterocycles. The van der Waals surface area contributed by atoms with Crippen LogP contribution in [0.2, 0.25) is 0 Å². The molecule has 5 nitrogen and oxygen atoms in total. The van der Waals surface area contributed by atoms with Gasteiger partial charge in [-0.2, -0.15) is 0 Å². The van der Waals surface area contributed by atoms with Gasteiger partial charge in [0.1, 0.15) is 5.75 Å². The van der Waals surface area contributed by atoms with E-state index in [1.165, 1.54) is 6.08 Å². The van der Waals surface area contributed by atoms with Crippen molar-refractivity contribution in [3.8, 4) is 5.75 Å². The lowest BCUT2D eigenvalue weighted by molar-refractivity contribution is -0.156. The van der Waals surface area contributed by atoms with Crippen molar-refractivity contribution in [2.45, 2.75) is 12.5 Å². The number of esters is 2. The maximum absolute atomic E-state index is 11.7. The van der Waals surface area contributed by atoms with Crippen LogP contribution < -0.4 is 4.74 Å². The molecule has 118 valence electrons. The Kier molecular flexibility index (Phi) is 4.28. The lowest BCUT2D eigenvalue weighted by Crippen LogP contribution is -2.21. The number of ether oxygens (including phenoxy) is 3. The fraction of sp³-hybridized carbons (Fsp3) is 0.222. The zero-order valence-electron chi connectivity index (χ0n) is 12.7. The van der Waals surface area contributed by atoms with Gasteiger partial charge in [0.25, 0.3) is 0 Å². The summed E-state index contributed by atoms with van der Waals surface area (Å²) in [7, 11) is 1.63. The van der Waals surface area contributed by atoms with Gasteiger partial charge in [-0.3, -0.25) is 0 Å². The molecular weight excluding hydrogens is 296 g/mol. The minimum Gasteiger partial charge on any atom is -0.497 e. The minimum absolute atomic E-state index is 0.300. The third-order valence-corrected chi connectivity index (χ3v) is 3.63. The Hall–Kier alpha value is -2.82. The zero-order valence-corrected chi connectivity index (χ0v) is 12.7. The first-order valence-electron chi connectivity index (χ1n) is 7.29. The van der Waals surface area contributed by atoms with Crippen molar-refractivity contribution >= 4 is 28.8 Å². The van der Waals surface area contributed by atoms with E-state index in [2.05, 4.69) is 0 Å². The monoisotopic (exact) mass is 312 g/mol. The highest BCUT2D eigenvalue weighted by atomic mass is 16.6. The highest BCUT2D eigenvalue weighted by molar-refractivity contribution is 5.91. The SMILES string of the molecule is COc1ccc2cc(/C=C/C(=O)O[C@@H]3CCOC3=O)ccc2c1. The Labute approximate surface area is 133 Å². The number of hydrogen-bond donors (Lipinski definition) is 0. The molecule has 0 radical (unpaired) electrons. The van der Waals surface area contributed by atoms with Crippen molar-refractivity contribution in [3.05, 3.63) is 48.0 Å². The molecule has 1 atom stereocenters. The van der Waals surface area contributed by atoms with Crippen molar-refractivity contribution in [2.24, 2.45) is 0 Å². The van der Waals surface area contributed by atoms with E-state index in [-0.39, 0.29) is 0 Å². The summed E-state index contributed by atoms with van der Waals surface area (Å²) in [6.45, 7) is 0.300. The number of methoxy groups -OCH3 is 1. The lowest BCUT2D eigenvalue weighted by atomic mass is 10.1. The number of benzene rings is 2. The summed E-state index contributed by atoms with van der Waals surface area (Å²) in [5.74, 6) is -0.233. The van der Waals surface area contributed by atoms with Crippen LogP contribution in [0, 0.1) is 0 Å². The lowest BCUT2D eigenvalue weighted by Gasteiger charge is -2.05. The van der Waals surface area contributed by atoms with Crippen molar-refractivity contribution < 1.29 is 23.8 Å². The van der Waals surface area contributed by atoms with Crippen LogP contribution >= 0.6 is 0 Å².